The minimum atomic E-state index is -1.13. The lowest BCUT2D eigenvalue weighted by atomic mass is 9.85. The van der Waals surface area contributed by atoms with Gasteiger partial charge in [-0.25, -0.2) is 4.79 Å². The van der Waals surface area contributed by atoms with Crippen LogP contribution in [0.2, 0.25) is 0 Å². The number of carbonyl (C=O) groups is 1. The second-order valence-electron chi connectivity index (χ2n) is 12.0. The highest BCUT2D eigenvalue weighted by Crippen LogP contribution is 2.46. The van der Waals surface area contributed by atoms with Crippen molar-refractivity contribution in [2.45, 2.75) is 147 Å². The molecule has 7 heteroatoms. The van der Waals surface area contributed by atoms with E-state index in [1.165, 1.54) is 63.4 Å². The fourth-order valence-electron chi connectivity index (χ4n) is 6.49. The Labute approximate surface area is 235 Å². The van der Waals surface area contributed by atoms with Gasteiger partial charge in [0.15, 0.2) is 18.3 Å². The van der Waals surface area contributed by atoms with E-state index >= 15 is 0 Å². The van der Waals surface area contributed by atoms with E-state index in [0.717, 1.165) is 44.9 Å². The molecule has 0 bridgehead atoms. The quantitative estimate of drug-likeness (QED) is 0.0657. The average Bonchev–Trinajstić information content (AvgIpc) is 3.59. The van der Waals surface area contributed by atoms with Gasteiger partial charge in [0.05, 0.1) is 25.4 Å². The lowest BCUT2D eigenvalue weighted by molar-refractivity contribution is -0.170. The number of rotatable bonds is 17. The zero-order valence-electron chi connectivity index (χ0n) is 24.2. The minimum absolute atomic E-state index is 0.0681. The zero-order valence-corrected chi connectivity index (χ0v) is 24.2. The maximum Gasteiger partial charge on any atom is 0.374 e. The number of carboxylic acids is 1. The van der Waals surface area contributed by atoms with Crippen LogP contribution in [0, 0.1) is 11.8 Å². The monoisotopic (exact) mass is 548 g/mol. The smallest absolute Gasteiger partial charge is 0.374 e. The van der Waals surface area contributed by atoms with Gasteiger partial charge in [0.2, 0.25) is 5.76 Å². The molecule has 39 heavy (non-hydrogen) atoms. The molecule has 1 saturated carbocycles. The highest BCUT2D eigenvalue weighted by atomic mass is 16.7. The predicted octanol–water partition coefficient (Wildman–Crippen LogP) is 7.64. The molecule has 3 aliphatic heterocycles. The molecule has 0 radical (unpaired) electrons. The Morgan fingerprint density at radius 3 is 2.21 bits per heavy atom. The number of aliphatic carboxylic acids is 1. The summed E-state index contributed by atoms with van der Waals surface area (Å²) in [6.07, 6.45) is 18.7. The van der Waals surface area contributed by atoms with E-state index in [1.54, 1.807) is 0 Å². The standard InChI is InChI=1S/C32H52O7/c1-3-4-5-6-7-8-9-14-24-18-17-23(2)25(24)21-26-27(37-26)22-28(38-29-15-10-12-19-35-29)31(32(33)34)39-30-16-11-13-20-36-30/h24-27,29-30H,2-22H2,1H3,(H,33,34)/t24-,25-,26+,27?,29?,30?/m0/s1. The molecule has 3 unspecified atom stereocenters. The number of hydrogen-bond donors (Lipinski definition) is 1. The van der Waals surface area contributed by atoms with Gasteiger partial charge >= 0.3 is 5.97 Å². The molecule has 6 atom stereocenters. The van der Waals surface area contributed by atoms with Crippen molar-refractivity contribution in [3.63, 3.8) is 0 Å². The molecule has 0 aromatic rings. The number of allylic oxidation sites excluding steroid dienone is 1. The lowest BCUT2D eigenvalue weighted by Gasteiger charge is -2.27. The third-order valence-electron chi connectivity index (χ3n) is 8.91. The first kappa shape index (κ1) is 30.4. The van der Waals surface area contributed by atoms with Crippen molar-refractivity contribution in [3.05, 3.63) is 23.7 Å². The van der Waals surface area contributed by atoms with Crippen LogP contribution in [0.15, 0.2) is 23.7 Å². The molecule has 7 nitrogen and oxygen atoms in total. The number of ether oxygens (including phenoxy) is 5. The van der Waals surface area contributed by atoms with E-state index in [9.17, 15) is 9.90 Å². The summed E-state index contributed by atoms with van der Waals surface area (Å²) in [5.74, 6) is 0.224. The third-order valence-corrected chi connectivity index (χ3v) is 8.91. The maximum atomic E-state index is 12.3. The molecule has 4 fully saturated rings. The average molecular weight is 549 g/mol. The van der Waals surface area contributed by atoms with Gasteiger partial charge in [-0.1, -0.05) is 64.0 Å². The summed E-state index contributed by atoms with van der Waals surface area (Å²) in [6, 6.07) is 0. The Hall–Kier alpha value is -1.57. The molecule has 1 aliphatic carbocycles. The van der Waals surface area contributed by atoms with Crippen LogP contribution in [0.3, 0.4) is 0 Å². The largest absolute Gasteiger partial charge is 0.475 e. The summed E-state index contributed by atoms with van der Waals surface area (Å²) in [6.45, 7) is 7.88. The van der Waals surface area contributed by atoms with Crippen molar-refractivity contribution < 1.29 is 33.6 Å². The first-order valence-electron chi connectivity index (χ1n) is 15.9. The Morgan fingerprint density at radius 2 is 1.56 bits per heavy atom. The molecule has 1 N–H and O–H groups in total. The van der Waals surface area contributed by atoms with Crippen molar-refractivity contribution in [1.82, 2.24) is 0 Å². The van der Waals surface area contributed by atoms with E-state index in [4.69, 9.17) is 23.7 Å². The summed E-state index contributed by atoms with van der Waals surface area (Å²) in [7, 11) is 0. The van der Waals surface area contributed by atoms with Crippen molar-refractivity contribution >= 4 is 5.97 Å². The molecule has 0 amide bonds. The summed E-state index contributed by atoms with van der Waals surface area (Å²) in [5, 5.41) is 10.1. The van der Waals surface area contributed by atoms with Crippen molar-refractivity contribution in [1.29, 1.82) is 0 Å². The second-order valence-corrected chi connectivity index (χ2v) is 12.0. The normalized spacial score (nSPS) is 31.6. The summed E-state index contributed by atoms with van der Waals surface area (Å²) < 4.78 is 29.6. The molecule has 4 aliphatic rings. The first-order valence-corrected chi connectivity index (χ1v) is 15.9. The van der Waals surface area contributed by atoms with Gasteiger partial charge in [-0.2, -0.15) is 0 Å². The number of carboxylic acid groups (broad SMARTS) is 1. The molecule has 0 aromatic carbocycles. The summed E-state index contributed by atoms with van der Waals surface area (Å²) >= 11 is 0. The Bertz CT molecular complexity index is 796. The molecule has 222 valence electrons. The van der Waals surface area contributed by atoms with E-state index in [0.29, 0.717) is 43.7 Å². The van der Waals surface area contributed by atoms with Crippen LogP contribution in [0.25, 0.3) is 0 Å². The van der Waals surface area contributed by atoms with Crippen LogP contribution in [0.5, 0.6) is 0 Å². The van der Waals surface area contributed by atoms with Crippen molar-refractivity contribution in [3.8, 4) is 0 Å². The van der Waals surface area contributed by atoms with Crippen LogP contribution in [-0.4, -0.2) is 49.1 Å². The van der Waals surface area contributed by atoms with E-state index < -0.39 is 18.5 Å². The molecule has 4 rings (SSSR count). The van der Waals surface area contributed by atoms with Gasteiger partial charge in [-0.3, -0.25) is 0 Å². The van der Waals surface area contributed by atoms with E-state index in [2.05, 4.69) is 13.5 Å². The van der Waals surface area contributed by atoms with Gasteiger partial charge in [-0.05, 0) is 63.2 Å². The van der Waals surface area contributed by atoms with Crippen LogP contribution >= 0.6 is 0 Å². The number of hydrogen-bond acceptors (Lipinski definition) is 6. The fourth-order valence-corrected chi connectivity index (χ4v) is 6.49. The highest BCUT2D eigenvalue weighted by molar-refractivity contribution is 5.84. The van der Waals surface area contributed by atoms with Gasteiger partial charge in [0, 0.05) is 19.3 Å². The van der Waals surface area contributed by atoms with Gasteiger partial charge in [0.25, 0.3) is 0 Å². The molecular formula is C32H52O7. The first-order chi connectivity index (χ1) is 19.0. The van der Waals surface area contributed by atoms with Gasteiger partial charge < -0.3 is 28.8 Å². The maximum absolute atomic E-state index is 12.3. The van der Waals surface area contributed by atoms with Gasteiger partial charge in [-0.15, -0.1) is 0 Å². The highest BCUT2D eigenvalue weighted by Gasteiger charge is 2.45. The topological polar surface area (TPSA) is 86.8 Å². The van der Waals surface area contributed by atoms with Crippen molar-refractivity contribution in [2.75, 3.05) is 13.2 Å². The minimum Gasteiger partial charge on any atom is -0.475 e. The predicted molar refractivity (Wildman–Crippen MR) is 150 cm³/mol. The molecular weight excluding hydrogens is 496 g/mol. The molecule has 3 heterocycles. The van der Waals surface area contributed by atoms with E-state index in [-0.39, 0.29) is 18.0 Å². The van der Waals surface area contributed by atoms with Crippen LogP contribution < -0.4 is 0 Å². The lowest BCUT2D eigenvalue weighted by Crippen LogP contribution is -2.28. The van der Waals surface area contributed by atoms with Crippen LogP contribution in [0.4, 0.5) is 0 Å². The summed E-state index contributed by atoms with van der Waals surface area (Å²) in [4.78, 5) is 12.3. The summed E-state index contributed by atoms with van der Waals surface area (Å²) in [5.41, 5.74) is 1.36. The fraction of sp³-hybridized carbons (Fsp3) is 0.844. The van der Waals surface area contributed by atoms with Crippen LogP contribution in [-0.2, 0) is 28.5 Å². The Kier molecular flexibility index (Phi) is 12.5. The SMILES string of the molecule is C=C1CC[C@H](CCCCCCCCC)[C@H]1C[C@H]1OC1CC(OC1CCCCO1)=C(OC1CCCCO1)C(=O)O. The molecule has 0 aromatic heterocycles. The van der Waals surface area contributed by atoms with Gasteiger partial charge in [0.1, 0.15) is 0 Å². The third kappa shape index (κ3) is 9.79. The zero-order chi connectivity index (χ0) is 27.5. The van der Waals surface area contributed by atoms with E-state index in [1.807, 2.05) is 0 Å². The molecule has 0 spiro atoms. The number of epoxide rings is 1. The Morgan fingerprint density at radius 1 is 0.897 bits per heavy atom. The van der Waals surface area contributed by atoms with Crippen LogP contribution in [0.1, 0.15) is 122 Å². The van der Waals surface area contributed by atoms with Crippen molar-refractivity contribution in [2.24, 2.45) is 11.8 Å². The molecule has 3 saturated heterocycles. The Balaban J connectivity index is 1.32. The second kappa shape index (κ2) is 16.0. The number of unbranched alkanes of at least 4 members (excludes halogenated alkanes) is 6.